The third kappa shape index (κ3) is 4.31. The standard InChI is InChI=1S/C5HF12NO4S2.Li/c6-1(7,3(10,11)12)2(8,9)4(13,14)23(19,20)18-24(21,22)5(15,16)17;/h18H;/q;+1. The molecule has 0 saturated carbocycles. The molecule has 0 aliphatic carbocycles. The van der Waals surface area contributed by atoms with Gasteiger partial charge in [-0.25, -0.2) is 16.8 Å². The summed E-state index contributed by atoms with van der Waals surface area (Å²) in [7, 11) is -15.3. The molecule has 0 aliphatic heterocycles. The molecule has 0 aromatic heterocycles. The number of alkyl halides is 12. The summed E-state index contributed by atoms with van der Waals surface area (Å²) in [5.41, 5.74) is -6.70. The normalized spacial score (nSPS) is 15.7. The van der Waals surface area contributed by atoms with Crippen LogP contribution in [-0.4, -0.2) is 45.6 Å². The Morgan fingerprint density at radius 1 is 0.560 bits per heavy atom. The first kappa shape index (κ1) is 26.8. The minimum atomic E-state index is -7.92. The molecule has 0 unspecified atom stereocenters. The molecule has 1 N–H and O–H groups in total. The zero-order valence-electron chi connectivity index (χ0n) is 11.0. The van der Waals surface area contributed by atoms with Crippen molar-refractivity contribution in [2.24, 2.45) is 0 Å². The minimum Gasteiger partial charge on any atom is -0.205 e. The van der Waals surface area contributed by atoms with Crippen molar-refractivity contribution >= 4 is 20.0 Å². The SMILES string of the molecule is O=S(=O)(NS(=O)(=O)C(F)(F)C(F)(F)C(F)(F)C(F)(F)F)C(F)(F)F.[Li+]. The maximum atomic E-state index is 12.9. The van der Waals surface area contributed by atoms with Crippen LogP contribution in [0.4, 0.5) is 52.7 Å². The van der Waals surface area contributed by atoms with Gasteiger partial charge in [-0.1, -0.05) is 4.13 Å². The Morgan fingerprint density at radius 3 is 1.12 bits per heavy atom. The summed E-state index contributed by atoms with van der Waals surface area (Å²) in [5, 5.41) is -7.61. The molecule has 0 amide bonds. The van der Waals surface area contributed by atoms with Crippen molar-refractivity contribution in [1.82, 2.24) is 4.13 Å². The van der Waals surface area contributed by atoms with Gasteiger partial charge in [0, 0.05) is 0 Å². The van der Waals surface area contributed by atoms with E-state index in [1.54, 1.807) is 0 Å². The molecular weight excluding hydrogens is 437 g/mol. The fraction of sp³-hybridized carbons (Fsp3) is 1.00. The van der Waals surface area contributed by atoms with E-state index >= 15 is 0 Å². The summed E-state index contributed by atoms with van der Waals surface area (Å²) in [5.74, 6) is -15.6. The molecule has 0 saturated heterocycles. The zero-order valence-corrected chi connectivity index (χ0v) is 12.6. The largest absolute Gasteiger partial charge is 1.00 e. The van der Waals surface area contributed by atoms with Gasteiger partial charge in [-0.2, -0.15) is 52.7 Å². The van der Waals surface area contributed by atoms with E-state index in [4.69, 9.17) is 0 Å². The van der Waals surface area contributed by atoms with E-state index in [2.05, 4.69) is 0 Å². The summed E-state index contributed by atoms with van der Waals surface area (Å²) in [6.07, 6.45) is -7.46. The van der Waals surface area contributed by atoms with Crippen LogP contribution in [0.25, 0.3) is 0 Å². The molecule has 0 radical (unpaired) electrons. The summed E-state index contributed by atoms with van der Waals surface area (Å²) < 4.78 is 187. The van der Waals surface area contributed by atoms with E-state index in [0.717, 1.165) is 0 Å². The van der Waals surface area contributed by atoms with Gasteiger partial charge in [-0.05, 0) is 0 Å². The molecule has 0 aromatic rings. The maximum absolute atomic E-state index is 12.9. The van der Waals surface area contributed by atoms with Crippen LogP contribution in [0.2, 0.25) is 0 Å². The van der Waals surface area contributed by atoms with Crippen molar-refractivity contribution in [1.29, 1.82) is 0 Å². The third-order valence-corrected chi connectivity index (χ3v) is 5.27. The van der Waals surface area contributed by atoms with Crippen molar-refractivity contribution in [3.63, 3.8) is 0 Å². The Morgan fingerprint density at radius 2 is 0.880 bits per heavy atom. The van der Waals surface area contributed by atoms with Gasteiger partial charge in [-0.15, -0.1) is 0 Å². The van der Waals surface area contributed by atoms with Crippen LogP contribution in [-0.2, 0) is 20.0 Å². The molecule has 0 aromatic carbocycles. The molecule has 0 bridgehead atoms. The van der Waals surface area contributed by atoms with E-state index in [-0.39, 0.29) is 18.9 Å². The fourth-order valence-corrected chi connectivity index (χ4v) is 3.19. The maximum Gasteiger partial charge on any atom is 1.00 e. The number of nitrogens with one attached hydrogen (secondary N) is 1. The minimum absolute atomic E-state index is 0. The first-order chi connectivity index (χ1) is 9.96. The van der Waals surface area contributed by atoms with Crippen molar-refractivity contribution < 1.29 is 88.4 Å². The second-order valence-corrected chi connectivity index (χ2v) is 7.36. The van der Waals surface area contributed by atoms with Gasteiger partial charge in [0.15, 0.2) is 0 Å². The van der Waals surface area contributed by atoms with E-state index in [9.17, 15) is 69.5 Å². The molecule has 0 heterocycles. The molecule has 0 spiro atoms. The topological polar surface area (TPSA) is 80.3 Å². The third-order valence-electron chi connectivity index (χ3n) is 1.98. The number of hydrogen-bond acceptors (Lipinski definition) is 4. The van der Waals surface area contributed by atoms with E-state index in [1.807, 2.05) is 0 Å². The van der Waals surface area contributed by atoms with Crippen molar-refractivity contribution in [3.8, 4) is 0 Å². The molecule has 0 rings (SSSR count). The summed E-state index contributed by atoms with van der Waals surface area (Å²) in [6, 6.07) is 0. The fourth-order valence-electron chi connectivity index (χ4n) is 0.774. The zero-order chi connectivity index (χ0) is 20.2. The monoisotopic (exact) mass is 438 g/mol. The molecule has 20 heteroatoms. The second-order valence-electron chi connectivity index (χ2n) is 3.70. The summed E-state index contributed by atoms with van der Waals surface area (Å²) in [6.45, 7) is 0. The Labute approximate surface area is 142 Å². The number of sulfonamides is 2. The smallest absolute Gasteiger partial charge is 0.205 e. The van der Waals surface area contributed by atoms with Gasteiger partial charge in [0.1, 0.15) is 0 Å². The van der Waals surface area contributed by atoms with Gasteiger partial charge in [0.05, 0.1) is 0 Å². The van der Waals surface area contributed by atoms with E-state index in [1.165, 1.54) is 0 Å². The molecule has 5 nitrogen and oxygen atoms in total. The Bertz CT molecular complexity index is 692. The van der Waals surface area contributed by atoms with Gasteiger partial charge >= 0.3 is 57.7 Å². The first-order valence-corrected chi connectivity index (χ1v) is 7.47. The molecule has 0 atom stereocenters. The van der Waals surface area contributed by atoms with Crippen LogP contribution in [0.5, 0.6) is 0 Å². The molecule has 146 valence electrons. The summed E-state index contributed by atoms with van der Waals surface area (Å²) in [4.78, 5) is 0. The molecule has 0 aliphatic rings. The number of halogens is 12. The van der Waals surface area contributed by atoms with Gasteiger partial charge in [-0.3, -0.25) is 0 Å². The van der Waals surface area contributed by atoms with E-state index in [0.29, 0.717) is 0 Å². The predicted molar refractivity (Wildman–Crippen MR) is 47.9 cm³/mol. The van der Waals surface area contributed by atoms with Crippen LogP contribution >= 0.6 is 0 Å². The second kappa shape index (κ2) is 6.65. The molecule has 0 fully saturated rings. The Balaban J connectivity index is 0. The van der Waals surface area contributed by atoms with Gasteiger partial charge in [0.25, 0.3) is 10.0 Å². The average molecular weight is 438 g/mol. The predicted octanol–water partition coefficient (Wildman–Crippen LogP) is -0.815. The Kier molecular flexibility index (Phi) is 7.14. The van der Waals surface area contributed by atoms with Crippen LogP contribution in [0.3, 0.4) is 0 Å². The van der Waals surface area contributed by atoms with Crippen molar-refractivity contribution in [2.45, 2.75) is 28.8 Å². The average Bonchev–Trinajstić information content (AvgIpc) is 2.23. The van der Waals surface area contributed by atoms with Gasteiger partial charge in [0.2, 0.25) is 0 Å². The quantitative estimate of drug-likeness (QED) is 0.450. The van der Waals surface area contributed by atoms with Crippen LogP contribution in [0.15, 0.2) is 0 Å². The molecule has 25 heavy (non-hydrogen) atoms. The van der Waals surface area contributed by atoms with Crippen LogP contribution < -0.4 is 23.0 Å². The van der Waals surface area contributed by atoms with E-state index < -0.39 is 53.0 Å². The van der Waals surface area contributed by atoms with Crippen LogP contribution in [0, 0.1) is 0 Å². The number of rotatable bonds is 5. The Hall–Kier alpha value is -0.383. The van der Waals surface area contributed by atoms with Crippen LogP contribution in [0.1, 0.15) is 0 Å². The first-order valence-electron chi connectivity index (χ1n) is 4.50. The van der Waals surface area contributed by atoms with Gasteiger partial charge < -0.3 is 0 Å². The summed E-state index contributed by atoms with van der Waals surface area (Å²) >= 11 is 0. The number of hydrogen-bond donors (Lipinski definition) is 1. The van der Waals surface area contributed by atoms with Crippen molar-refractivity contribution in [3.05, 3.63) is 0 Å². The van der Waals surface area contributed by atoms with Crippen molar-refractivity contribution in [2.75, 3.05) is 0 Å². The molecular formula is C5HF12LiNO4S2+.